The fourth-order valence-electron chi connectivity index (χ4n) is 1.02. The first-order chi connectivity index (χ1) is 6.59. The molecule has 0 aliphatic heterocycles. The van der Waals surface area contributed by atoms with E-state index in [-0.39, 0.29) is 6.42 Å². The molecule has 1 atom stereocenters. The van der Waals surface area contributed by atoms with Gasteiger partial charge in [-0.1, -0.05) is 0 Å². The molecule has 0 aliphatic carbocycles. The first-order valence-electron chi connectivity index (χ1n) is 4.21. The summed E-state index contributed by atoms with van der Waals surface area (Å²) in [6.45, 7) is 1.66. The van der Waals surface area contributed by atoms with Crippen molar-refractivity contribution in [2.24, 2.45) is 0 Å². The normalized spacial score (nSPS) is 14.0. The van der Waals surface area contributed by atoms with E-state index >= 15 is 0 Å². The Morgan fingerprint density at radius 1 is 1.71 bits per heavy atom. The highest BCUT2D eigenvalue weighted by molar-refractivity contribution is 5.68. The molecule has 4 nitrogen and oxygen atoms in total. The van der Waals surface area contributed by atoms with Gasteiger partial charge in [-0.2, -0.15) is 0 Å². The molecule has 1 aromatic heterocycles. The van der Waals surface area contributed by atoms with Gasteiger partial charge in [-0.3, -0.25) is 4.79 Å². The summed E-state index contributed by atoms with van der Waals surface area (Å²) in [5.41, 5.74) is 0.572. The topological polar surface area (TPSA) is 70.7 Å². The first kappa shape index (κ1) is 10.5. The zero-order chi connectivity index (χ0) is 10.6. The van der Waals surface area contributed by atoms with Gasteiger partial charge < -0.3 is 14.6 Å². The van der Waals surface area contributed by atoms with E-state index in [0.717, 1.165) is 0 Å². The molecule has 0 spiro atoms. The van der Waals surface area contributed by atoms with Crippen molar-refractivity contribution >= 4 is 12.0 Å². The van der Waals surface area contributed by atoms with Crippen molar-refractivity contribution < 1.29 is 19.4 Å². The van der Waals surface area contributed by atoms with Crippen LogP contribution in [0, 0.1) is 0 Å². The van der Waals surface area contributed by atoms with Gasteiger partial charge in [0.05, 0.1) is 18.8 Å². The minimum atomic E-state index is -1.02. The third-order valence-corrected chi connectivity index (χ3v) is 1.81. The van der Waals surface area contributed by atoms with Crippen LogP contribution in [-0.4, -0.2) is 22.3 Å². The molecular formula is C10H12O4. The van der Waals surface area contributed by atoms with Gasteiger partial charge in [-0.25, -0.2) is 0 Å². The summed E-state index contributed by atoms with van der Waals surface area (Å²) < 4.78 is 5.02. The van der Waals surface area contributed by atoms with Crippen LogP contribution in [0.2, 0.25) is 0 Å². The number of carboxylic acids is 1. The largest absolute Gasteiger partial charge is 0.481 e. The summed E-state index contributed by atoms with van der Waals surface area (Å²) in [4.78, 5) is 10.3. The van der Waals surface area contributed by atoms with Crippen LogP contribution < -0.4 is 0 Å². The Morgan fingerprint density at radius 2 is 2.43 bits per heavy atom. The van der Waals surface area contributed by atoms with Crippen molar-refractivity contribution in [2.75, 3.05) is 0 Å². The molecule has 0 saturated heterocycles. The van der Waals surface area contributed by atoms with E-state index in [9.17, 15) is 9.90 Å². The van der Waals surface area contributed by atoms with Crippen LogP contribution in [0.5, 0.6) is 0 Å². The SMILES string of the molecule is C/C(=C\c1ccco1)[C@@H](O)CC(=O)O. The molecule has 1 aromatic rings. The number of aliphatic hydroxyl groups is 1. The molecule has 0 amide bonds. The second-order valence-corrected chi connectivity index (χ2v) is 3.02. The van der Waals surface area contributed by atoms with E-state index < -0.39 is 12.1 Å². The second-order valence-electron chi connectivity index (χ2n) is 3.02. The standard InChI is InChI=1S/C10H12O4/c1-7(9(11)6-10(12)13)5-8-3-2-4-14-8/h2-5,9,11H,6H2,1H3,(H,12,13)/b7-5+/t9-/m0/s1. The van der Waals surface area contributed by atoms with Crippen LogP contribution in [0.1, 0.15) is 19.1 Å². The minimum Gasteiger partial charge on any atom is -0.481 e. The van der Waals surface area contributed by atoms with Crippen molar-refractivity contribution in [2.45, 2.75) is 19.4 Å². The molecule has 0 unspecified atom stereocenters. The lowest BCUT2D eigenvalue weighted by Gasteiger charge is -2.07. The molecule has 2 N–H and O–H groups in total. The van der Waals surface area contributed by atoms with Crippen molar-refractivity contribution in [1.82, 2.24) is 0 Å². The number of furan rings is 1. The van der Waals surface area contributed by atoms with Crippen molar-refractivity contribution in [3.63, 3.8) is 0 Å². The molecule has 1 heterocycles. The molecule has 0 radical (unpaired) electrons. The molecule has 0 aliphatic rings. The number of hydrogen-bond acceptors (Lipinski definition) is 3. The van der Waals surface area contributed by atoms with Gasteiger partial charge in [0.1, 0.15) is 5.76 Å². The number of hydrogen-bond donors (Lipinski definition) is 2. The fraction of sp³-hybridized carbons (Fsp3) is 0.300. The summed E-state index contributed by atoms with van der Waals surface area (Å²) in [6, 6.07) is 3.46. The Kier molecular flexibility index (Phi) is 3.48. The zero-order valence-electron chi connectivity index (χ0n) is 7.80. The maximum Gasteiger partial charge on any atom is 0.306 e. The van der Waals surface area contributed by atoms with E-state index in [1.54, 1.807) is 25.1 Å². The second kappa shape index (κ2) is 4.62. The lowest BCUT2D eigenvalue weighted by atomic mass is 10.1. The van der Waals surface area contributed by atoms with E-state index in [2.05, 4.69) is 0 Å². The molecule has 0 aromatic carbocycles. The van der Waals surface area contributed by atoms with Crippen LogP contribution >= 0.6 is 0 Å². The molecule has 0 saturated carbocycles. The smallest absolute Gasteiger partial charge is 0.306 e. The number of carboxylic acid groups (broad SMARTS) is 1. The summed E-state index contributed by atoms with van der Waals surface area (Å²) >= 11 is 0. The van der Waals surface area contributed by atoms with Gasteiger partial charge in [0.15, 0.2) is 0 Å². The Labute approximate surface area is 81.5 Å². The van der Waals surface area contributed by atoms with Crippen molar-refractivity contribution in [1.29, 1.82) is 0 Å². The number of carbonyl (C=O) groups is 1. The number of aliphatic hydroxyl groups excluding tert-OH is 1. The van der Waals surface area contributed by atoms with Crippen LogP contribution in [0.15, 0.2) is 28.4 Å². The number of aliphatic carboxylic acids is 1. The van der Waals surface area contributed by atoms with Gasteiger partial charge in [-0.05, 0) is 30.7 Å². The molecule has 0 bridgehead atoms. The first-order valence-corrected chi connectivity index (χ1v) is 4.21. The highest BCUT2D eigenvalue weighted by Gasteiger charge is 2.11. The van der Waals surface area contributed by atoms with Crippen molar-refractivity contribution in [3.8, 4) is 0 Å². The predicted octanol–water partition coefficient (Wildman–Crippen LogP) is 1.52. The van der Waals surface area contributed by atoms with Gasteiger partial charge in [0, 0.05) is 0 Å². The van der Waals surface area contributed by atoms with Gasteiger partial charge >= 0.3 is 5.97 Å². The van der Waals surface area contributed by atoms with E-state index in [4.69, 9.17) is 9.52 Å². The van der Waals surface area contributed by atoms with Crippen LogP contribution in [0.4, 0.5) is 0 Å². The predicted molar refractivity (Wildman–Crippen MR) is 50.6 cm³/mol. The molecule has 76 valence electrons. The monoisotopic (exact) mass is 196 g/mol. The Bertz CT molecular complexity index is 324. The Balaban J connectivity index is 2.64. The molecular weight excluding hydrogens is 184 g/mol. The summed E-state index contributed by atoms with van der Waals surface area (Å²) in [5.74, 6) is -0.420. The van der Waals surface area contributed by atoms with E-state index in [1.165, 1.54) is 6.26 Å². The molecule has 4 heteroatoms. The van der Waals surface area contributed by atoms with Gasteiger partial charge in [0.2, 0.25) is 0 Å². The quantitative estimate of drug-likeness (QED) is 0.765. The van der Waals surface area contributed by atoms with Crippen LogP contribution in [-0.2, 0) is 4.79 Å². The minimum absolute atomic E-state index is 0.289. The molecule has 14 heavy (non-hydrogen) atoms. The number of rotatable bonds is 4. The highest BCUT2D eigenvalue weighted by atomic mass is 16.4. The molecule has 0 fully saturated rings. The third-order valence-electron chi connectivity index (χ3n) is 1.81. The summed E-state index contributed by atoms with van der Waals surface area (Å²) in [7, 11) is 0. The molecule has 1 rings (SSSR count). The maximum absolute atomic E-state index is 10.3. The van der Waals surface area contributed by atoms with Crippen LogP contribution in [0.3, 0.4) is 0 Å². The van der Waals surface area contributed by atoms with Gasteiger partial charge in [0.25, 0.3) is 0 Å². The van der Waals surface area contributed by atoms with Crippen LogP contribution in [0.25, 0.3) is 6.08 Å². The average molecular weight is 196 g/mol. The fourth-order valence-corrected chi connectivity index (χ4v) is 1.02. The van der Waals surface area contributed by atoms with E-state index in [0.29, 0.717) is 11.3 Å². The zero-order valence-corrected chi connectivity index (χ0v) is 7.80. The lowest BCUT2D eigenvalue weighted by molar-refractivity contribution is -0.138. The van der Waals surface area contributed by atoms with E-state index in [1.807, 2.05) is 0 Å². The highest BCUT2D eigenvalue weighted by Crippen LogP contribution is 2.12. The average Bonchev–Trinajstić information content (AvgIpc) is 2.55. The summed E-state index contributed by atoms with van der Waals surface area (Å²) in [5, 5.41) is 17.8. The maximum atomic E-state index is 10.3. The third kappa shape index (κ3) is 3.06. The Morgan fingerprint density at radius 3 is 2.93 bits per heavy atom. The Hall–Kier alpha value is -1.55. The summed E-state index contributed by atoms with van der Waals surface area (Å²) in [6.07, 6.45) is 1.89. The van der Waals surface area contributed by atoms with Crippen molar-refractivity contribution in [3.05, 3.63) is 29.7 Å². The lowest BCUT2D eigenvalue weighted by Crippen LogP contribution is -2.13. The van der Waals surface area contributed by atoms with Gasteiger partial charge in [-0.15, -0.1) is 0 Å².